The molecule has 0 bridgehead atoms. The summed E-state index contributed by atoms with van der Waals surface area (Å²) in [6.45, 7) is 4.04. The lowest BCUT2D eigenvalue weighted by molar-refractivity contribution is -0.149. The average Bonchev–Trinajstić information content (AvgIpc) is 2.18. The highest BCUT2D eigenvalue weighted by Gasteiger charge is 2.05. The fourth-order valence-corrected chi connectivity index (χ4v) is 0.462. The third kappa shape index (κ3) is 8.41. The average molecular weight is 216 g/mol. The highest BCUT2D eigenvalue weighted by molar-refractivity contribution is 6.32. The summed E-state index contributed by atoms with van der Waals surface area (Å²) < 4.78 is 4.21. The van der Waals surface area contributed by atoms with E-state index in [-0.39, 0.29) is 0 Å². The van der Waals surface area contributed by atoms with Gasteiger partial charge in [-0.25, -0.2) is 9.59 Å². The van der Waals surface area contributed by atoms with Crippen molar-refractivity contribution in [2.75, 3.05) is 13.2 Å². The molecular formula is C8H12N2O5. The molecule has 84 valence electrons. The van der Waals surface area contributed by atoms with Crippen LogP contribution in [0.1, 0.15) is 13.8 Å². The molecule has 0 fully saturated rings. The number of rotatable bonds is 6. The first-order valence-corrected chi connectivity index (χ1v) is 4.27. The minimum atomic E-state index is -0.934. The number of hydrogen-bond donors (Lipinski definition) is 0. The van der Waals surface area contributed by atoms with Crippen molar-refractivity contribution in [1.82, 2.24) is 0 Å². The zero-order valence-corrected chi connectivity index (χ0v) is 8.50. The van der Waals surface area contributed by atoms with E-state index in [2.05, 4.69) is 24.7 Å². The standard InChI is InChI=1S/C8H12N2O5/c1-3-13-9-5-7(11)15-8(12)6-10-14-4-2/h5-6H,3-4H2,1-2H3. The van der Waals surface area contributed by atoms with Crippen molar-refractivity contribution in [3.8, 4) is 0 Å². The molecule has 7 heteroatoms. The largest absolute Gasteiger partial charge is 0.396 e. The first-order valence-electron chi connectivity index (χ1n) is 4.27. The maximum absolute atomic E-state index is 10.8. The lowest BCUT2D eigenvalue weighted by atomic mass is 10.7. The maximum atomic E-state index is 10.8. The maximum Gasteiger partial charge on any atom is 0.360 e. The van der Waals surface area contributed by atoms with E-state index < -0.39 is 11.9 Å². The summed E-state index contributed by atoms with van der Waals surface area (Å²) in [6.07, 6.45) is 1.49. The molecule has 0 aromatic heterocycles. The summed E-state index contributed by atoms with van der Waals surface area (Å²) in [5.74, 6) is -1.87. The van der Waals surface area contributed by atoms with Gasteiger partial charge in [-0.05, 0) is 13.8 Å². The van der Waals surface area contributed by atoms with Gasteiger partial charge in [0.2, 0.25) is 0 Å². The van der Waals surface area contributed by atoms with E-state index >= 15 is 0 Å². The number of oxime groups is 2. The first-order chi connectivity index (χ1) is 7.20. The van der Waals surface area contributed by atoms with Gasteiger partial charge in [0.15, 0.2) is 12.4 Å². The monoisotopic (exact) mass is 216 g/mol. The highest BCUT2D eigenvalue weighted by Crippen LogP contribution is 1.80. The molecule has 0 N–H and O–H groups in total. The topological polar surface area (TPSA) is 86.6 Å². The minimum Gasteiger partial charge on any atom is -0.396 e. The summed E-state index contributed by atoms with van der Waals surface area (Å²) in [5, 5.41) is 6.42. The number of esters is 2. The number of ether oxygens (including phenoxy) is 1. The quantitative estimate of drug-likeness (QED) is 0.272. The Kier molecular flexibility index (Phi) is 7.56. The van der Waals surface area contributed by atoms with Crippen LogP contribution >= 0.6 is 0 Å². The van der Waals surface area contributed by atoms with Crippen LogP contribution in [0.5, 0.6) is 0 Å². The van der Waals surface area contributed by atoms with Crippen molar-refractivity contribution < 1.29 is 24.0 Å². The van der Waals surface area contributed by atoms with E-state index in [9.17, 15) is 9.59 Å². The van der Waals surface area contributed by atoms with Gasteiger partial charge in [0.1, 0.15) is 13.2 Å². The fraction of sp³-hybridized carbons (Fsp3) is 0.500. The van der Waals surface area contributed by atoms with Crippen LogP contribution in [0.3, 0.4) is 0 Å². The molecule has 0 aliphatic heterocycles. The molecule has 15 heavy (non-hydrogen) atoms. The molecule has 0 unspecified atom stereocenters. The zero-order chi connectivity index (χ0) is 11.5. The normalized spacial score (nSPS) is 10.5. The minimum absolute atomic E-state index is 0.323. The van der Waals surface area contributed by atoms with Gasteiger partial charge in [-0.3, -0.25) is 0 Å². The Morgan fingerprint density at radius 1 is 1.00 bits per heavy atom. The summed E-state index contributed by atoms with van der Waals surface area (Å²) in [5.41, 5.74) is 0. The third-order valence-corrected chi connectivity index (χ3v) is 0.925. The van der Waals surface area contributed by atoms with Gasteiger partial charge in [-0.2, -0.15) is 0 Å². The van der Waals surface area contributed by atoms with E-state index in [0.717, 1.165) is 12.4 Å². The molecule has 0 aromatic rings. The van der Waals surface area contributed by atoms with Gasteiger partial charge in [-0.15, -0.1) is 0 Å². The first kappa shape index (κ1) is 13.1. The fourth-order valence-electron chi connectivity index (χ4n) is 0.462. The number of hydrogen-bond acceptors (Lipinski definition) is 7. The molecule has 0 heterocycles. The van der Waals surface area contributed by atoms with Crippen molar-refractivity contribution in [3.63, 3.8) is 0 Å². The van der Waals surface area contributed by atoms with E-state index in [1.54, 1.807) is 13.8 Å². The number of carbonyl (C=O) groups is 2. The molecule has 0 rings (SSSR count). The van der Waals surface area contributed by atoms with Crippen LogP contribution in [-0.2, 0) is 24.0 Å². The van der Waals surface area contributed by atoms with Crippen molar-refractivity contribution in [1.29, 1.82) is 0 Å². The van der Waals surface area contributed by atoms with Crippen LogP contribution in [0.2, 0.25) is 0 Å². The molecular weight excluding hydrogens is 204 g/mol. The second kappa shape index (κ2) is 8.67. The highest BCUT2D eigenvalue weighted by atomic mass is 16.6. The van der Waals surface area contributed by atoms with Gasteiger partial charge in [-0.1, -0.05) is 10.3 Å². The molecule has 0 aliphatic rings. The van der Waals surface area contributed by atoms with Crippen molar-refractivity contribution >= 4 is 24.4 Å². The smallest absolute Gasteiger partial charge is 0.360 e. The molecule has 0 amide bonds. The summed E-state index contributed by atoms with van der Waals surface area (Å²) in [4.78, 5) is 30.5. The van der Waals surface area contributed by atoms with Crippen LogP contribution in [0.25, 0.3) is 0 Å². The predicted molar refractivity (Wildman–Crippen MR) is 51.3 cm³/mol. The lowest BCUT2D eigenvalue weighted by Gasteiger charge is -1.94. The second-order valence-corrected chi connectivity index (χ2v) is 2.04. The van der Waals surface area contributed by atoms with E-state index in [1.807, 2.05) is 0 Å². The van der Waals surface area contributed by atoms with Gasteiger partial charge in [0.05, 0.1) is 0 Å². The van der Waals surface area contributed by atoms with Crippen molar-refractivity contribution in [2.24, 2.45) is 10.3 Å². The Morgan fingerprint density at radius 3 is 1.73 bits per heavy atom. The van der Waals surface area contributed by atoms with Gasteiger partial charge in [0, 0.05) is 0 Å². The molecule has 0 radical (unpaired) electrons. The van der Waals surface area contributed by atoms with E-state index in [4.69, 9.17) is 0 Å². The number of nitrogens with zero attached hydrogens (tertiary/aromatic N) is 2. The van der Waals surface area contributed by atoms with Crippen molar-refractivity contribution in [3.05, 3.63) is 0 Å². The molecule has 0 atom stereocenters. The SMILES string of the molecule is CCON=CC(=O)OC(=O)C=NOCC. The van der Waals surface area contributed by atoms with E-state index in [0.29, 0.717) is 13.2 Å². The second-order valence-electron chi connectivity index (χ2n) is 2.04. The predicted octanol–water partition coefficient (Wildman–Crippen LogP) is 0.101. The molecule has 0 aliphatic carbocycles. The lowest BCUT2D eigenvalue weighted by Crippen LogP contribution is -2.14. The Bertz CT molecular complexity index is 236. The van der Waals surface area contributed by atoms with Crippen LogP contribution in [0.4, 0.5) is 0 Å². The summed E-state index contributed by atoms with van der Waals surface area (Å²) in [6, 6.07) is 0. The zero-order valence-electron chi connectivity index (χ0n) is 8.50. The molecule has 0 spiro atoms. The number of carbonyl (C=O) groups excluding carboxylic acids is 2. The Hall–Kier alpha value is -1.92. The molecule has 7 nitrogen and oxygen atoms in total. The molecule has 0 aromatic carbocycles. The van der Waals surface area contributed by atoms with Crippen LogP contribution < -0.4 is 0 Å². The molecule has 0 saturated carbocycles. The third-order valence-electron chi connectivity index (χ3n) is 0.925. The van der Waals surface area contributed by atoms with Crippen LogP contribution in [-0.4, -0.2) is 37.6 Å². The van der Waals surface area contributed by atoms with Crippen LogP contribution in [0, 0.1) is 0 Å². The van der Waals surface area contributed by atoms with Gasteiger partial charge >= 0.3 is 11.9 Å². The van der Waals surface area contributed by atoms with Crippen LogP contribution in [0.15, 0.2) is 10.3 Å². The summed E-state index contributed by atoms with van der Waals surface area (Å²) >= 11 is 0. The van der Waals surface area contributed by atoms with Gasteiger partial charge < -0.3 is 14.4 Å². The molecule has 0 saturated heterocycles. The van der Waals surface area contributed by atoms with E-state index in [1.165, 1.54) is 0 Å². The van der Waals surface area contributed by atoms with Gasteiger partial charge in [0.25, 0.3) is 0 Å². The Balaban J connectivity index is 3.81. The summed E-state index contributed by atoms with van der Waals surface area (Å²) in [7, 11) is 0. The van der Waals surface area contributed by atoms with Crippen molar-refractivity contribution in [2.45, 2.75) is 13.8 Å². The Morgan fingerprint density at radius 2 is 1.40 bits per heavy atom. The Labute approximate surface area is 86.7 Å².